The number of hydrogen-bond acceptors (Lipinski definition) is 3. The highest BCUT2D eigenvalue weighted by molar-refractivity contribution is 6.32. The standard InChI is InChI=1S/C20H14ClFN2O/c21-16-9-8-15(17-11-14-7-4-10-23-20(14)24-17)18(22)19(16)25-12-13-5-2-1-3-6-13/h1-3,5-11H,4,12H2. The van der Waals surface area contributed by atoms with Crippen molar-refractivity contribution in [2.24, 2.45) is 9.98 Å². The Morgan fingerprint density at radius 2 is 1.96 bits per heavy atom. The van der Waals surface area contributed by atoms with Gasteiger partial charge in [-0.2, -0.15) is 0 Å². The molecule has 2 aliphatic rings. The largest absolute Gasteiger partial charge is 0.484 e. The van der Waals surface area contributed by atoms with Gasteiger partial charge in [-0.15, -0.1) is 0 Å². The van der Waals surface area contributed by atoms with Crippen LogP contribution in [0.2, 0.25) is 5.02 Å². The number of rotatable bonds is 4. The van der Waals surface area contributed by atoms with Crippen molar-refractivity contribution in [1.29, 1.82) is 0 Å². The average molecular weight is 353 g/mol. The fourth-order valence-electron chi connectivity index (χ4n) is 2.73. The molecule has 2 aromatic rings. The molecule has 0 N–H and O–H groups in total. The summed E-state index contributed by atoms with van der Waals surface area (Å²) in [4.78, 5) is 8.64. The van der Waals surface area contributed by atoms with Crippen LogP contribution in [-0.2, 0) is 6.61 Å². The molecule has 2 aromatic carbocycles. The number of nitrogens with zero attached hydrogens (tertiary/aromatic N) is 2. The third-order valence-electron chi connectivity index (χ3n) is 3.98. The van der Waals surface area contributed by atoms with Crippen LogP contribution < -0.4 is 4.74 Å². The summed E-state index contributed by atoms with van der Waals surface area (Å²) in [5.74, 6) is 0.140. The quantitative estimate of drug-likeness (QED) is 0.743. The Bertz CT molecular complexity index is 946. The summed E-state index contributed by atoms with van der Waals surface area (Å²) >= 11 is 6.14. The molecular formula is C20H14ClFN2O. The zero-order chi connectivity index (χ0) is 17.2. The normalized spacial score (nSPS) is 15.4. The zero-order valence-electron chi connectivity index (χ0n) is 13.2. The second kappa shape index (κ2) is 6.65. The van der Waals surface area contributed by atoms with Crippen LogP contribution in [0, 0.1) is 5.82 Å². The summed E-state index contributed by atoms with van der Waals surface area (Å²) in [5.41, 5.74) is 2.73. The molecule has 0 bridgehead atoms. The minimum Gasteiger partial charge on any atom is -0.484 e. The first-order chi connectivity index (χ1) is 12.2. The van der Waals surface area contributed by atoms with Gasteiger partial charge in [0.2, 0.25) is 0 Å². The van der Waals surface area contributed by atoms with E-state index in [0.29, 0.717) is 17.1 Å². The summed E-state index contributed by atoms with van der Waals surface area (Å²) in [7, 11) is 0. The number of fused-ring (bicyclic) bond motifs is 1. The van der Waals surface area contributed by atoms with Crippen LogP contribution in [-0.4, -0.2) is 12.1 Å². The van der Waals surface area contributed by atoms with Crippen molar-refractivity contribution < 1.29 is 9.13 Å². The third kappa shape index (κ3) is 3.13. The van der Waals surface area contributed by atoms with Crippen molar-refractivity contribution in [3.63, 3.8) is 0 Å². The molecule has 0 saturated carbocycles. The van der Waals surface area contributed by atoms with Crippen molar-refractivity contribution in [2.45, 2.75) is 13.0 Å². The first kappa shape index (κ1) is 15.8. The molecule has 0 fully saturated rings. The monoisotopic (exact) mass is 352 g/mol. The highest BCUT2D eigenvalue weighted by Gasteiger charge is 2.22. The van der Waals surface area contributed by atoms with E-state index >= 15 is 0 Å². The van der Waals surface area contributed by atoms with Gasteiger partial charge in [0.1, 0.15) is 6.61 Å². The highest BCUT2D eigenvalue weighted by Crippen LogP contribution is 2.36. The van der Waals surface area contributed by atoms with Gasteiger partial charge >= 0.3 is 0 Å². The molecule has 0 aliphatic carbocycles. The van der Waals surface area contributed by atoms with Crippen LogP contribution in [0.5, 0.6) is 5.75 Å². The molecule has 0 unspecified atom stereocenters. The van der Waals surface area contributed by atoms with Gasteiger partial charge in [0.15, 0.2) is 17.4 Å². The van der Waals surface area contributed by atoms with Crippen molar-refractivity contribution in [2.75, 3.05) is 0 Å². The van der Waals surface area contributed by atoms with Gasteiger partial charge in [-0.05, 0) is 23.8 Å². The predicted octanol–water partition coefficient (Wildman–Crippen LogP) is 5.21. The van der Waals surface area contributed by atoms with E-state index in [1.165, 1.54) is 0 Å². The zero-order valence-corrected chi connectivity index (χ0v) is 14.0. The molecule has 5 heteroatoms. The number of ether oxygens (including phenoxy) is 1. The van der Waals surface area contributed by atoms with Crippen LogP contribution in [0.3, 0.4) is 0 Å². The minimum atomic E-state index is -0.512. The van der Waals surface area contributed by atoms with E-state index in [1.807, 2.05) is 42.5 Å². The Kier molecular flexibility index (Phi) is 4.20. The SMILES string of the molecule is Fc1c(C2=CC3=CCC=NC3=N2)ccc(Cl)c1OCc1ccccc1. The molecule has 0 atom stereocenters. The molecule has 25 heavy (non-hydrogen) atoms. The molecule has 4 rings (SSSR count). The van der Waals surface area contributed by atoms with E-state index in [0.717, 1.165) is 17.6 Å². The molecule has 0 radical (unpaired) electrons. The van der Waals surface area contributed by atoms with Gasteiger partial charge in [-0.1, -0.05) is 48.0 Å². The number of aliphatic imine (C=N–C) groups is 2. The second-order valence-electron chi connectivity index (χ2n) is 5.68. The lowest BCUT2D eigenvalue weighted by Crippen LogP contribution is -2.00. The van der Waals surface area contributed by atoms with Crippen molar-refractivity contribution in [3.05, 3.63) is 82.2 Å². The van der Waals surface area contributed by atoms with Crippen LogP contribution in [0.25, 0.3) is 5.70 Å². The lowest BCUT2D eigenvalue weighted by molar-refractivity contribution is 0.290. The number of dihydropyridines is 1. The van der Waals surface area contributed by atoms with E-state index in [2.05, 4.69) is 9.98 Å². The summed E-state index contributed by atoms with van der Waals surface area (Å²) < 4.78 is 20.6. The molecule has 2 heterocycles. The number of halogens is 2. The van der Waals surface area contributed by atoms with Gasteiger partial charge in [-0.25, -0.2) is 14.4 Å². The summed E-state index contributed by atoms with van der Waals surface area (Å²) in [6.07, 6.45) is 6.39. The number of hydrogen-bond donors (Lipinski definition) is 0. The molecular weight excluding hydrogens is 339 g/mol. The van der Waals surface area contributed by atoms with E-state index in [1.54, 1.807) is 18.3 Å². The van der Waals surface area contributed by atoms with E-state index in [4.69, 9.17) is 16.3 Å². The Hall–Kier alpha value is -2.72. The Labute approximate surface area is 149 Å². The Morgan fingerprint density at radius 3 is 2.76 bits per heavy atom. The maximum Gasteiger partial charge on any atom is 0.176 e. The molecule has 0 amide bonds. The fourth-order valence-corrected chi connectivity index (χ4v) is 2.93. The van der Waals surface area contributed by atoms with E-state index in [9.17, 15) is 4.39 Å². The molecule has 0 aromatic heterocycles. The number of amidine groups is 1. The summed E-state index contributed by atoms with van der Waals surface area (Å²) in [5, 5.41) is 0.234. The number of benzene rings is 2. The minimum absolute atomic E-state index is 0.0384. The first-order valence-corrected chi connectivity index (χ1v) is 8.29. The van der Waals surface area contributed by atoms with E-state index < -0.39 is 5.82 Å². The average Bonchev–Trinajstić information content (AvgIpc) is 3.06. The van der Waals surface area contributed by atoms with Crippen LogP contribution in [0.4, 0.5) is 4.39 Å². The Balaban J connectivity index is 1.65. The van der Waals surface area contributed by atoms with Crippen molar-refractivity contribution >= 4 is 29.3 Å². The maximum atomic E-state index is 15.0. The van der Waals surface area contributed by atoms with Gasteiger partial charge in [0, 0.05) is 23.8 Å². The van der Waals surface area contributed by atoms with Crippen LogP contribution in [0.15, 0.2) is 70.2 Å². The van der Waals surface area contributed by atoms with Crippen LogP contribution in [0.1, 0.15) is 17.5 Å². The Morgan fingerprint density at radius 1 is 1.12 bits per heavy atom. The third-order valence-corrected chi connectivity index (χ3v) is 4.28. The predicted molar refractivity (Wildman–Crippen MR) is 98.8 cm³/mol. The van der Waals surface area contributed by atoms with Gasteiger partial charge in [-0.3, -0.25) is 0 Å². The maximum absolute atomic E-state index is 15.0. The molecule has 2 aliphatic heterocycles. The highest BCUT2D eigenvalue weighted by atomic mass is 35.5. The van der Waals surface area contributed by atoms with Crippen molar-refractivity contribution in [3.8, 4) is 5.75 Å². The van der Waals surface area contributed by atoms with Crippen molar-refractivity contribution in [1.82, 2.24) is 0 Å². The lowest BCUT2D eigenvalue weighted by atomic mass is 10.1. The fraction of sp³-hybridized carbons (Fsp3) is 0.100. The number of allylic oxidation sites excluding steroid dienone is 1. The van der Waals surface area contributed by atoms with E-state index in [-0.39, 0.29) is 17.4 Å². The van der Waals surface area contributed by atoms with Crippen LogP contribution >= 0.6 is 11.6 Å². The topological polar surface area (TPSA) is 34.0 Å². The molecule has 0 spiro atoms. The molecule has 3 nitrogen and oxygen atoms in total. The molecule has 0 saturated heterocycles. The smallest absolute Gasteiger partial charge is 0.176 e. The second-order valence-corrected chi connectivity index (χ2v) is 6.09. The summed E-state index contributed by atoms with van der Waals surface area (Å²) in [6, 6.07) is 12.8. The summed E-state index contributed by atoms with van der Waals surface area (Å²) in [6.45, 7) is 0.240. The van der Waals surface area contributed by atoms with Gasteiger partial charge < -0.3 is 4.74 Å². The lowest BCUT2D eigenvalue weighted by Gasteiger charge is -2.12. The van der Waals surface area contributed by atoms with Gasteiger partial charge in [0.25, 0.3) is 0 Å². The first-order valence-electron chi connectivity index (χ1n) is 7.91. The molecule has 124 valence electrons. The van der Waals surface area contributed by atoms with Gasteiger partial charge in [0.05, 0.1) is 10.7 Å².